The lowest BCUT2D eigenvalue weighted by molar-refractivity contribution is 0.0221. The third-order valence-electron chi connectivity index (χ3n) is 5.72. The number of methoxy groups -OCH3 is 1. The largest absolute Gasteiger partial charge is 0.491 e. The van der Waals surface area contributed by atoms with Gasteiger partial charge in [0.1, 0.15) is 23.7 Å². The Hall–Kier alpha value is -4.29. The zero-order valence-corrected chi connectivity index (χ0v) is 21.3. The topological polar surface area (TPSA) is 143 Å². The molecule has 1 amide bonds. The van der Waals surface area contributed by atoms with Gasteiger partial charge in [0.2, 0.25) is 5.82 Å². The fraction of sp³-hybridized carbons (Fsp3) is 0.458. The summed E-state index contributed by atoms with van der Waals surface area (Å²) in [5.74, 6) is 1.68. The Labute approximate surface area is 212 Å². The molecule has 0 radical (unpaired) electrons. The van der Waals surface area contributed by atoms with E-state index in [2.05, 4.69) is 30.7 Å². The van der Waals surface area contributed by atoms with Gasteiger partial charge in [-0.05, 0) is 52.7 Å². The molecule has 4 aromatic heterocycles. The lowest BCUT2D eigenvalue weighted by Crippen LogP contribution is -2.36. The summed E-state index contributed by atoms with van der Waals surface area (Å²) in [7, 11) is 1.52. The van der Waals surface area contributed by atoms with Gasteiger partial charge >= 0.3 is 6.09 Å². The first-order valence-corrected chi connectivity index (χ1v) is 11.9. The van der Waals surface area contributed by atoms with Gasteiger partial charge in [-0.2, -0.15) is 14.7 Å². The number of carbonyl (C=O) groups excluding carboxylic acids is 1. The summed E-state index contributed by atoms with van der Waals surface area (Å²) < 4.78 is 23.6. The van der Waals surface area contributed by atoms with Crippen molar-refractivity contribution in [2.45, 2.75) is 58.8 Å². The summed E-state index contributed by atoms with van der Waals surface area (Å²) in [5.41, 5.74) is 1.71. The predicted octanol–water partition coefficient (Wildman–Crippen LogP) is 3.54. The highest BCUT2D eigenvalue weighted by Crippen LogP contribution is 2.32. The van der Waals surface area contributed by atoms with E-state index < -0.39 is 5.60 Å². The van der Waals surface area contributed by atoms with Crippen LogP contribution in [0.4, 0.5) is 4.79 Å². The number of likely N-dealkylation sites (tertiary alicyclic amines) is 1. The first-order valence-electron chi connectivity index (χ1n) is 11.9. The maximum atomic E-state index is 12.6. The molecule has 13 heteroatoms. The van der Waals surface area contributed by atoms with Crippen LogP contribution in [-0.2, 0) is 11.3 Å². The highest BCUT2D eigenvalue weighted by atomic mass is 16.6. The van der Waals surface area contributed by atoms with Crippen molar-refractivity contribution in [2.24, 2.45) is 0 Å². The Morgan fingerprint density at radius 1 is 1.16 bits per heavy atom. The Kier molecular flexibility index (Phi) is 6.36. The maximum absolute atomic E-state index is 12.6. The Bertz CT molecular complexity index is 1410. The van der Waals surface area contributed by atoms with Crippen molar-refractivity contribution in [3.8, 4) is 23.1 Å². The van der Waals surface area contributed by atoms with Crippen LogP contribution in [0.3, 0.4) is 0 Å². The minimum Gasteiger partial charge on any atom is -0.491 e. The molecule has 194 valence electrons. The first kappa shape index (κ1) is 24.4. The van der Waals surface area contributed by atoms with Crippen molar-refractivity contribution in [1.82, 2.24) is 40.1 Å². The summed E-state index contributed by atoms with van der Waals surface area (Å²) in [5, 5.41) is 25.5. The molecule has 5 rings (SSSR count). The van der Waals surface area contributed by atoms with E-state index in [4.69, 9.17) is 18.7 Å². The van der Waals surface area contributed by atoms with Crippen LogP contribution in [0.15, 0.2) is 28.8 Å². The number of hydrogen-bond donors (Lipinski definition) is 0. The van der Waals surface area contributed by atoms with Crippen LogP contribution in [0.2, 0.25) is 0 Å². The number of ether oxygens (including phenoxy) is 3. The zero-order valence-electron chi connectivity index (χ0n) is 21.3. The molecule has 1 aliphatic heterocycles. The smallest absolute Gasteiger partial charge is 0.410 e. The fourth-order valence-corrected chi connectivity index (χ4v) is 4.06. The van der Waals surface area contributed by atoms with Crippen molar-refractivity contribution >= 4 is 11.7 Å². The van der Waals surface area contributed by atoms with Crippen molar-refractivity contribution in [1.29, 1.82) is 0 Å². The Balaban J connectivity index is 1.31. The van der Waals surface area contributed by atoms with E-state index in [0.29, 0.717) is 46.6 Å². The van der Waals surface area contributed by atoms with E-state index in [1.807, 2.05) is 32.9 Å². The molecule has 4 aromatic rings. The van der Waals surface area contributed by atoms with Gasteiger partial charge in [-0.1, -0.05) is 5.16 Å². The summed E-state index contributed by atoms with van der Waals surface area (Å²) >= 11 is 0. The summed E-state index contributed by atoms with van der Waals surface area (Å²) in [6, 6.07) is 6.92. The number of hydrogen-bond acceptors (Lipinski definition) is 11. The standard InChI is InChI=1S/C24H28N8O5/c1-14-11-17(30-37-14)21-28-27-20-12-19(34-5)22(29-32(20)21)35-13-15-8-9-16(26-25-15)18-7-6-10-31(18)23(33)36-24(2,3)4/h8-9,11-12,18H,6-7,10,13H2,1-5H3. The molecular weight excluding hydrogens is 480 g/mol. The highest BCUT2D eigenvalue weighted by Gasteiger charge is 2.34. The van der Waals surface area contributed by atoms with Crippen LogP contribution >= 0.6 is 0 Å². The Morgan fingerprint density at radius 2 is 2.00 bits per heavy atom. The Morgan fingerprint density at radius 3 is 2.68 bits per heavy atom. The normalized spacial score (nSPS) is 15.8. The number of aromatic nitrogens is 7. The minimum absolute atomic E-state index is 0.100. The molecular formula is C24H28N8O5. The van der Waals surface area contributed by atoms with Gasteiger partial charge in [0, 0.05) is 18.7 Å². The number of fused-ring (bicyclic) bond motifs is 1. The summed E-state index contributed by atoms with van der Waals surface area (Å²) in [6.07, 6.45) is 1.34. The third-order valence-corrected chi connectivity index (χ3v) is 5.72. The second-order valence-electron chi connectivity index (χ2n) is 9.70. The number of nitrogens with zero attached hydrogens (tertiary/aromatic N) is 8. The third kappa shape index (κ3) is 5.15. The van der Waals surface area contributed by atoms with Crippen LogP contribution in [0, 0.1) is 6.92 Å². The van der Waals surface area contributed by atoms with Gasteiger partial charge in [-0.15, -0.1) is 15.3 Å². The number of carbonyl (C=O) groups is 1. The van der Waals surface area contributed by atoms with E-state index in [1.165, 1.54) is 11.6 Å². The van der Waals surface area contributed by atoms with Crippen molar-refractivity contribution in [3.05, 3.63) is 41.4 Å². The van der Waals surface area contributed by atoms with E-state index >= 15 is 0 Å². The average molecular weight is 509 g/mol. The van der Waals surface area contributed by atoms with Crippen LogP contribution in [-0.4, -0.2) is 65.4 Å². The molecule has 1 unspecified atom stereocenters. The van der Waals surface area contributed by atoms with Crippen molar-refractivity contribution in [2.75, 3.05) is 13.7 Å². The number of rotatable bonds is 6. The lowest BCUT2D eigenvalue weighted by atomic mass is 10.1. The van der Waals surface area contributed by atoms with Crippen molar-refractivity contribution in [3.63, 3.8) is 0 Å². The molecule has 5 heterocycles. The van der Waals surface area contributed by atoms with Crippen molar-refractivity contribution < 1.29 is 23.5 Å². The SMILES string of the molecule is COc1cc2nnc(-c3cc(C)on3)n2nc1OCc1ccc(C2CCCN2C(=O)OC(C)(C)C)nn1. The van der Waals surface area contributed by atoms with E-state index in [0.717, 1.165) is 12.8 Å². The zero-order chi connectivity index (χ0) is 26.2. The second kappa shape index (κ2) is 9.64. The van der Waals surface area contributed by atoms with Crippen LogP contribution in [0.5, 0.6) is 11.6 Å². The highest BCUT2D eigenvalue weighted by molar-refractivity contribution is 5.69. The van der Waals surface area contributed by atoms with Gasteiger partial charge in [0.05, 0.1) is 18.8 Å². The van der Waals surface area contributed by atoms with E-state index in [9.17, 15) is 4.79 Å². The monoisotopic (exact) mass is 508 g/mol. The van der Waals surface area contributed by atoms with Crippen LogP contribution in [0.25, 0.3) is 17.2 Å². The molecule has 0 N–H and O–H groups in total. The fourth-order valence-electron chi connectivity index (χ4n) is 4.06. The molecule has 1 fully saturated rings. The molecule has 13 nitrogen and oxygen atoms in total. The molecule has 0 bridgehead atoms. The maximum Gasteiger partial charge on any atom is 0.410 e. The summed E-state index contributed by atoms with van der Waals surface area (Å²) in [4.78, 5) is 14.3. The predicted molar refractivity (Wildman–Crippen MR) is 129 cm³/mol. The minimum atomic E-state index is -0.559. The molecule has 0 aromatic carbocycles. The van der Waals surface area contributed by atoms with Gasteiger partial charge in [-0.25, -0.2) is 4.79 Å². The number of aryl methyl sites for hydroxylation is 1. The van der Waals surface area contributed by atoms with E-state index in [-0.39, 0.29) is 24.6 Å². The summed E-state index contributed by atoms with van der Waals surface area (Å²) in [6.45, 7) is 8.07. The average Bonchev–Trinajstić information content (AvgIpc) is 3.60. The van der Waals surface area contributed by atoms with Gasteiger partial charge in [-0.3, -0.25) is 4.90 Å². The molecule has 1 atom stereocenters. The first-order chi connectivity index (χ1) is 17.7. The molecule has 0 aliphatic carbocycles. The van der Waals surface area contributed by atoms with E-state index in [1.54, 1.807) is 24.0 Å². The quantitative estimate of drug-likeness (QED) is 0.377. The van der Waals surface area contributed by atoms with Gasteiger partial charge in [0.15, 0.2) is 17.1 Å². The second-order valence-corrected chi connectivity index (χ2v) is 9.70. The molecule has 1 aliphatic rings. The lowest BCUT2D eigenvalue weighted by Gasteiger charge is -2.28. The van der Waals surface area contributed by atoms with Gasteiger partial charge < -0.3 is 18.7 Å². The van der Waals surface area contributed by atoms with Crippen LogP contribution in [0.1, 0.15) is 56.8 Å². The molecule has 1 saturated heterocycles. The molecule has 0 spiro atoms. The number of amides is 1. The van der Waals surface area contributed by atoms with Crippen LogP contribution < -0.4 is 9.47 Å². The van der Waals surface area contributed by atoms with Gasteiger partial charge in [0.25, 0.3) is 5.88 Å². The molecule has 0 saturated carbocycles. The molecule has 37 heavy (non-hydrogen) atoms.